The van der Waals surface area contributed by atoms with E-state index in [-0.39, 0.29) is 0 Å². The van der Waals surface area contributed by atoms with Gasteiger partial charge in [-0.2, -0.15) is 0 Å². The molecule has 140 valence electrons. The summed E-state index contributed by atoms with van der Waals surface area (Å²) in [4.78, 5) is 5.55. The third-order valence-electron chi connectivity index (χ3n) is 4.52. The van der Waals surface area contributed by atoms with Gasteiger partial charge in [-0.1, -0.05) is 12.1 Å². The van der Waals surface area contributed by atoms with Crippen molar-refractivity contribution in [1.29, 1.82) is 0 Å². The Morgan fingerprint density at radius 2 is 1.96 bits per heavy atom. The SMILES string of the molecule is CN=C(NCc1ccc(OC2CCCC2)c(OC)c1)NCc1cccs1. The smallest absolute Gasteiger partial charge is 0.191 e. The number of thiophene rings is 1. The first-order chi connectivity index (χ1) is 12.8. The standard InChI is InChI=1S/C20H27N3O2S/c1-21-20(23-14-17-8-5-11-26-17)22-13-15-9-10-18(19(12-15)24-2)25-16-6-3-4-7-16/h5,8-12,16H,3-4,6-7,13-14H2,1-2H3,(H2,21,22,23). The molecule has 0 amide bonds. The van der Waals surface area contributed by atoms with Crippen molar-refractivity contribution in [2.75, 3.05) is 14.2 Å². The van der Waals surface area contributed by atoms with E-state index in [4.69, 9.17) is 9.47 Å². The van der Waals surface area contributed by atoms with Crippen LogP contribution in [0.4, 0.5) is 0 Å². The molecule has 0 bridgehead atoms. The van der Waals surface area contributed by atoms with E-state index in [0.29, 0.717) is 12.6 Å². The predicted octanol–water partition coefficient (Wildman–Crippen LogP) is 3.94. The lowest BCUT2D eigenvalue weighted by Crippen LogP contribution is -2.36. The van der Waals surface area contributed by atoms with Crippen molar-refractivity contribution in [3.8, 4) is 11.5 Å². The summed E-state index contributed by atoms with van der Waals surface area (Å²) in [7, 11) is 3.47. The molecule has 0 spiro atoms. The molecule has 0 radical (unpaired) electrons. The molecule has 3 rings (SSSR count). The molecule has 1 aliphatic carbocycles. The van der Waals surface area contributed by atoms with Gasteiger partial charge in [0.1, 0.15) is 0 Å². The summed E-state index contributed by atoms with van der Waals surface area (Å²) >= 11 is 1.73. The zero-order valence-electron chi connectivity index (χ0n) is 15.5. The van der Waals surface area contributed by atoms with Crippen molar-refractivity contribution in [2.45, 2.75) is 44.9 Å². The van der Waals surface area contributed by atoms with Gasteiger partial charge in [0.15, 0.2) is 17.5 Å². The Bertz CT molecular complexity index is 710. The van der Waals surface area contributed by atoms with Gasteiger partial charge in [-0.15, -0.1) is 11.3 Å². The van der Waals surface area contributed by atoms with Crippen LogP contribution in [0.1, 0.15) is 36.1 Å². The molecule has 0 saturated heterocycles. The van der Waals surface area contributed by atoms with Crippen LogP contribution in [0, 0.1) is 0 Å². The van der Waals surface area contributed by atoms with Crippen LogP contribution in [0.3, 0.4) is 0 Å². The second kappa shape index (κ2) is 9.48. The minimum absolute atomic E-state index is 0.327. The molecule has 6 heteroatoms. The first-order valence-electron chi connectivity index (χ1n) is 9.09. The number of methoxy groups -OCH3 is 1. The summed E-state index contributed by atoms with van der Waals surface area (Å²) in [5.41, 5.74) is 1.12. The first-order valence-corrected chi connectivity index (χ1v) is 9.97. The molecule has 2 N–H and O–H groups in total. The Balaban J connectivity index is 1.54. The average Bonchev–Trinajstić information content (AvgIpc) is 3.36. The number of guanidine groups is 1. The highest BCUT2D eigenvalue weighted by molar-refractivity contribution is 7.09. The van der Waals surface area contributed by atoms with Crippen molar-refractivity contribution >= 4 is 17.3 Å². The quantitative estimate of drug-likeness (QED) is 0.570. The fourth-order valence-corrected chi connectivity index (χ4v) is 3.74. The van der Waals surface area contributed by atoms with Gasteiger partial charge in [-0.25, -0.2) is 0 Å². The van der Waals surface area contributed by atoms with E-state index < -0.39 is 0 Å². The molecule has 5 nitrogen and oxygen atoms in total. The molecule has 26 heavy (non-hydrogen) atoms. The molecule has 1 fully saturated rings. The fourth-order valence-electron chi connectivity index (χ4n) is 3.10. The van der Waals surface area contributed by atoms with Crippen LogP contribution in [-0.2, 0) is 13.1 Å². The maximum absolute atomic E-state index is 6.10. The first kappa shape index (κ1) is 18.6. The van der Waals surface area contributed by atoms with Crippen LogP contribution in [0.2, 0.25) is 0 Å². The van der Waals surface area contributed by atoms with E-state index in [1.54, 1.807) is 25.5 Å². The fraction of sp³-hybridized carbons (Fsp3) is 0.450. The minimum Gasteiger partial charge on any atom is -0.493 e. The Morgan fingerprint density at radius 3 is 2.65 bits per heavy atom. The summed E-state index contributed by atoms with van der Waals surface area (Å²) in [5, 5.41) is 8.74. The van der Waals surface area contributed by atoms with Gasteiger partial charge in [0.25, 0.3) is 0 Å². The Kier molecular flexibility index (Phi) is 6.77. The second-order valence-electron chi connectivity index (χ2n) is 6.37. The molecule has 1 aromatic heterocycles. The van der Waals surface area contributed by atoms with Crippen LogP contribution in [-0.4, -0.2) is 26.2 Å². The summed E-state index contributed by atoms with van der Waals surface area (Å²) in [5.74, 6) is 2.41. The molecule has 0 unspecified atom stereocenters. The number of hydrogen-bond donors (Lipinski definition) is 2. The maximum Gasteiger partial charge on any atom is 0.191 e. The van der Waals surface area contributed by atoms with Gasteiger partial charge >= 0.3 is 0 Å². The highest BCUT2D eigenvalue weighted by Crippen LogP contribution is 2.32. The van der Waals surface area contributed by atoms with E-state index >= 15 is 0 Å². The maximum atomic E-state index is 6.10. The normalized spacial score (nSPS) is 15.1. The highest BCUT2D eigenvalue weighted by Gasteiger charge is 2.18. The number of hydrogen-bond acceptors (Lipinski definition) is 4. The molecule has 1 saturated carbocycles. The second-order valence-corrected chi connectivity index (χ2v) is 7.40. The van der Waals surface area contributed by atoms with E-state index in [0.717, 1.165) is 42.4 Å². The molecule has 1 aromatic carbocycles. The van der Waals surface area contributed by atoms with Crippen LogP contribution in [0.15, 0.2) is 40.7 Å². The minimum atomic E-state index is 0.327. The van der Waals surface area contributed by atoms with E-state index in [1.165, 1.54) is 17.7 Å². The van der Waals surface area contributed by atoms with Crippen LogP contribution >= 0.6 is 11.3 Å². The summed E-state index contributed by atoms with van der Waals surface area (Å²) < 4.78 is 11.6. The van der Waals surface area contributed by atoms with Crippen molar-refractivity contribution in [3.63, 3.8) is 0 Å². The van der Waals surface area contributed by atoms with Crippen LogP contribution in [0.5, 0.6) is 11.5 Å². The molecular weight excluding hydrogens is 346 g/mol. The lowest BCUT2D eigenvalue weighted by Gasteiger charge is -2.17. The zero-order chi connectivity index (χ0) is 18.2. The molecule has 0 aliphatic heterocycles. The summed E-state index contributed by atoms with van der Waals surface area (Å²) in [6, 6.07) is 10.3. The van der Waals surface area contributed by atoms with Gasteiger partial charge in [0.05, 0.1) is 19.8 Å². The van der Waals surface area contributed by atoms with Crippen molar-refractivity contribution < 1.29 is 9.47 Å². The molecule has 1 aliphatic rings. The number of ether oxygens (including phenoxy) is 2. The van der Waals surface area contributed by atoms with Crippen molar-refractivity contribution in [2.24, 2.45) is 4.99 Å². The van der Waals surface area contributed by atoms with E-state index in [9.17, 15) is 0 Å². The van der Waals surface area contributed by atoms with Crippen molar-refractivity contribution in [3.05, 3.63) is 46.2 Å². The highest BCUT2D eigenvalue weighted by atomic mass is 32.1. The van der Waals surface area contributed by atoms with Gasteiger partial charge in [-0.3, -0.25) is 4.99 Å². The average molecular weight is 374 g/mol. The van der Waals surface area contributed by atoms with Crippen molar-refractivity contribution in [1.82, 2.24) is 10.6 Å². The van der Waals surface area contributed by atoms with Crippen LogP contribution in [0.25, 0.3) is 0 Å². The topological polar surface area (TPSA) is 54.9 Å². The summed E-state index contributed by atoms with van der Waals surface area (Å²) in [6.45, 7) is 1.44. The number of benzene rings is 1. The van der Waals surface area contributed by atoms with Gasteiger partial charge < -0.3 is 20.1 Å². The van der Waals surface area contributed by atoms with Gasteiger partial charge in [-0.05, 0) is 54.8 Å². The number of nitrogens with zero attached hydrogens (tertiary/aromatic N) is 1. The van der Waals surface area contributed by atoms with E-state index in [2.05, 4.69) is 39.2 Å². The van der Waals surface area contributed by atoms with Gasteiger partial charge in [0, 0.05) is 18.5 Å². The lowest BCUT2D eigenvalue weighted by molar-refractivity contribution is 0.200. The Labute approximate surface area is 159 Å². The zero-order valence-corrected chi connectivity index (χ0v) is 16.3. The van der Waals surface area contributed by atoms with Crippen LogP contribution < -0.4 is 20.1 Å². The third-order valence-corrected chi connectivity index (χ3v) is 5.39. The number of rotatable bonds is 7. The molecule has 0 atom stereocenters. The number of nitrogens with one attached hydrogen (secondary N) is 2. The Morgan fingerprint density at radius 1 is 1.15 bits per heavy atom. The molecule has 1 heterocycles. The molecule has 2 aromatic rings. The largest absolute Gasteiger partial charge is 0.493 e. The lowest BCUT2D eigenvalue weighted by atomic mass is 10.2. The number of aliphatic imine (C=N–C) groups is 1. The molecular formula is C20H27N3O2S. The Hall–Kier alpha value is -2.21. The monoisotopic (exact) mass is 373 g/mol. The predicted molar refractivity (Wildman–Crippen MR) is 107 cm³/mol. The third kappa shape index (κ3) is 5.14. The van der Waals surface area contributed by atoms with Gasteiger partial charge in [0.2, 0.25) is 0 Å². The van der Waals surface area contributed by atoms with E-state index in [1.807, 2.05) is 12.1 Å². The summed E-state index contributed by atoms with van der Waals surface area (Å²) in [6.07, 6.45) is 5.12.